The van der Waals surface area contributed by atoms with Crippen LogP contribution in [0.25, 0.3) is 0 Å². The molecule has 0 radical (unpaired) electrons. The number of carbonyl (C=O) groups is 2. The van der Waals surface area contributed by atoms with E-state index < -0.39 is 0 Å². The predicted molar refractivity (Wildman–Crippen MR) is 120 cm³/mol. The van der Waals surface area contributed by atoms with Gasteiger partial charge in [0.25, 0.3) is 5.91 Å². The van der Waals surface area contributed by atoms with Crippen LogP contribution in [-0.4, -0.2) is 36.2 Å². The first kappa shape index (κ1) is 22.2. The first-order valence-electron chi connectivity index (χ1n) is 9.65. The fourth-order valence-corrected chi connectivity index (χ4v) is 3.50. The summed E-state index contributed by atoms with van der Waals surface area (Å²) in [6.45, 7) is 3.61. The summed E-state index contributed by atoms with van der Waals surface area (Å²) < 4.78 is 10.6. The van der Waals surface area contributed by atoms with Gasteiger partial charge in [-0.05, 0) is 35.9 Å². The number of aromatic nitrogens is 2. The Hall–Kier alpha value is -3.46. The zero-order valence-electron chi connectivity index (χ0n) is 17.8. The lowest BCUT2D eigenvalue weighted by Gasteiger charge is -2.09. The fourth-order valence-electron chi connectivity index (χ4n) is 2.73. The summed E-state index contributed by atoms with van der Waals surface area (Å²) in [7, 11) is 3.18. The smallest absolute Gasteiger partial charge is 0.257 e. The molecule has 1 aromatic heterocycles. The quantitative estimate of drug-likeness (QED) is 0.549. The summed E-state index contributed by atoms with van der Waals surface area (Å²) in [5.41, 5.74) is 1.97. The van der Waals surface area contributed by atoms with Gasteiger partial charge < -0.3 is 14.8 Å². The van der Waals surface area contributed by atoms with E-state index in [1.807, 2.05) is 18.2 Å². The van der Waals surface area contributed by atoms with Gasteiger partial charge in [-0.3, -0.25) is 14.9 Å². The molecule has 2 amide bonds. The summed E-state index contributed by atoms with van der Waals surface area (Å²) in [6.07, 6.45) is 0.546. The first-order chi connectivity index (χ1) is 14.9. The average molecular weight is 441 g/mol. The number of ether oxygens (including phenoxy) is 2. The number of nitrogens with zero attached hydrogens (tertiary/aromatic N) is 2. The van der Waals surface area contributed by atoms with Crippen LogP contribution >= 0.6 is 11.3 Å². The number of anilines is 2. The lowest BCUT2D eigenvalue weighted by atomic mass is 10.1. The van der Waals surface area contributed by atoms with Crippen LogP contribution in [0.15, 0.2) is 42.5 Å². The minimum atomic E-state index is -0.325. The molecular weight excluding hydrogens is 416 g/mol. The van der Waals surface area contributed by atoms with Gasteiger partial charge >= 0.3 is 0 Å². The molecule has 0 bridgehead atoms. The van der Waals surface area contributed by atoms with Gasteiger partial charge in [0, 0.05) is 23.6 Å². The maximum Gasteiger partial charge on any atom is 0.257 e. The third-order valence-electron chi connectivity index (χ3n) is 4.41. The number of benzene rings is 2. The number of nitrogens with one attached hydrogen (secondary N) is 2. The van der Waals surface area contributed by atoms with Crippen molar-refractivity contribution < 1.29 is 19.1 Å². The molecule has 0 unspecified atom stereocenters. The molecule has 3 rings (SSSR count). The maximum atomic E-state index is 12.6. The standard InChI is InChI=1S/C22H24N4O4S/c1-13(2)20(27)23-16-7-5-6-15(12-16)21(28)24-22-26-25-19(31-22)11-14-8-9-17(29-3)18(10-14)30-4/h5-10,12-13H,11H2,1-4H3,(H,23,27)(H,24,26,28). The molecule has 0 fully saturated rings. The van der Waals surface area contributed by atoms with Crippen molar-refractivity contribution in [3.8, 4) is 11.5 Å². The number of amides is 2. The number of methoxy groups -OCH3 is 2. The van der Waals surface area contributed by atoms with E-state index in [1.165, 1.54) is 11.3 Å². The molecule has 2 N–H and O–H groups in total. The van der Waals surface area contributed by atoms with E-state index in [-0.39, 0.29) is 17.7 Å². The van der Waals surface area contributed by atoms with Gasteiger partial charge in [-0.1, -0.05) is 37.3 Å². The second-order valence-electron chi connectivity index (χ2n) is 7.05. The molecule has 162 valence electrons. The molecule has 0 aliphatic rings. The van der Waals surface area contributed by atoms with Crippen LogP contribution in [0.4, 0.5) is 10.8 Å². The normalized spacial score (nSPS) is 10.6. The van der Waals surface area contributed by atoms with Crippen molar-refractivity contribution in [2.45, 2.75) is 20.3 Å². The Bertz CT molecular complexity index is 1080. The van der Waals surface area contributed by atoms with Gasteiger partial charge in [0.2, 0.25) is 11.0 Å². The molecule has 2 aromatic carbocycles. The minimum Gasteiger partial charge on any atom is -0.493 e. The van der Waals surface area contributed by atoms with Crippen molar-refractivity contribution in [3.63, 3.8) is 0 Å². The number of hydrogen-bond donors (Lipinski definition) is 2. The van der Waals surface area contributed by atoms with Crippen molar-refractivity contribution in [1.82, 2.24) is 10.2 Å². The molecule has 1 heterocycles. The van der Waals surface area contributed by atoms with Crippen LogP contribution in [0.5, 0.6) is 11.5 Å². The molecule has 0 spiro atoms. The van der Waals surface area contributed by atoms with E-state index in [0.29, 0.717) is 34.3 Å². The molecule has 9 heteroatoms. The second kappa shape index (κ2) is 10.0. The third kappa shape index (κ3) is 5.79. The second-order valence-corrected chi connectivity index (χ2v) is 8.11. The molecule has 3 aromatic rings. The van der Waals surface area contributed by atoms with Crippen molar-refractivity contribution in [2.75, 3.05) is 24.9 Å². The molecule has 0 saturated carbocycles. The summed E-state index contributed by atoms with van der Waals surface area (Å²) in [5.74, 6) is 0.713. The van der Waals surface area contributed by atoms with Crippen LogP contribution in [0.1, 0.15) is 34.8 Å². The van der Waals surface area contributed by atoms with Crippen molar-refractivity contribution in [3.05, 3.63) is 58.6 Å². The lowest BCUT2D eigenvalue weighted by molar-refractivity contribution is -0.118. The van der Waals surface area contributed by atoms with E-state index in [9.17, 15) is 9.59 Å². The summed E-state index contributed by atoms with van der Waals surface area (Å²) in [5, 5.41) is 14.9. The Morgan fingerprint density at radius 1 is 1.00 bits per heavy atom. The Kier molecular flexibility index (Phi) is 7.19. The molecule has 0 saturated heterocycles. The Balaban J connectivity index is 1.66. The summed E-state index contributed by atoms with van der Waals surface area (Å²) >= 11 is 1.30. The SMILES string of the molecule is COc1ccc(Cc2nnc(NC(=O)c3cccc(NC(=O)C(C)C)c3)s2)cc1OC. The van der Waals surface area contributed by atoms with E-state index in [2.05, 4.69) is 20.8 Å². The topological polar surface area (TPSA) is 102 Å². The fraction of sp³-hybridized carbons (Fsp3) is 0.273. The van der Waals surface area contributed by atoms with E-state index >= 15 is 0 Å². The van der Waals surface area contributed by atoms with Crippen LogP contribution < -0.4 is 20.1 Å². The zero-order chi connectivity index (χ0) is 22.4. The van der Waals surface area contributed by atoms with Crippen molar-refractivity contribution >= 4 is 34.0 Å². The van der Waals surface area contributed by atoms with Crippen molar-refractivity contribution in [2.24, 2.45) is 5.92 Å². The highest BCUT2D eigenvalue weighted by Gasteiger charge is 2.13. The summed E-state index contributed by atoms with van der Waals surface area (Å²) in [4.78, 5) is 24.5. The Morgan fingerprint density at radius 3 is 2.48 bits per heavy atom. The zero-order valence-corrected chi connectivity index (χ0v) is 18.6. The van der Waals surface area contributed by atoms with E-state index in [0.717, 1.165) is 10.6 Å². The van der Waals surface area contributed by atoms with Gasteiger partial charge in [-0.2, -0.15) is 0 Å². The highest BCUT2D eigenvalue weighted by atomic mass is 32.1. The average Bonchev–Trinajstić information content (AvgIpc) is 3.20. The van der Waals surface area contributed by atoms with Gasteiger partial charge in [0.1, 0.15) is 5.01 Å². The molecular formula is C22H24N4O4S. The van der Waals surface area contributed by atoms with Crippen LogP contribution in [0.2, 0.25) is 0 Å². The molecule has 0 atom stereocenters. The van der Waals surface area contributed by atoms with Crippen LogP contribution in [0.3, 0.4) is 0 Å². The van der Waals surface area contributed by atoms with Gasteiger partial charge in [0.15, 0.2) is 11.5 Å². The van der Waals surface area contributed by atoms with Crippen molar-refractivity contribution in [1.29, 1.82) is 0 Å². The van der Waals surface area contributed by atoms with Crippen LogP contribution in [0, 0.1) is 5.92 Å². The van der Waals surface area contributed by atoms with E-state index in [1.54, 1.807) is 52.3 Å². The molecule has 8 nitrogen and oxygen atoms in total. The predicted octanol–water partition coefficient (Wildman–Crippen LogP) is 3.99. The largest absolute Gasteiger partial charge is 0.493 e. The Morgan fingerprint density at radius 2 is 1.77 bits per heavy atom. The van der Waals surface area contributed by atoms with Gasteiger partial charge in [-0.15, -0.1) is 10.2 Å². The first-order valence-corrected chi connectivity index (χ1v) is 10.5. The third-order valence-corrected chi connectivity index (χ3v) is 5.25. The monoisotopic (exact) mass is 440 g/mol. The molecule has 0 aliphatic carbocycles. The minimum absolute atomic E-state index is 0.110. The Labute approximate surface area is 184 Å². The van der Waals surface area contributed by atoms with Gasteiger partial charge in [-0.25, -0.2) is 0 Å². The lowest BCUT2D eigenvalue weighted by Crippen LogP contribution is -2.18. The molecule has 0 aliphatic heterocycles. The number of rotatable bonds is 8. The highest BCUT2D eigenvalue weighted by molar-refractivity contribution is 7.15. The van der Waals surface area contributed by atoms with Crippen LogP contribution in [-0.2, 0) is 11.2 Å². The molecule has 31 heavy (non-hydrogen) atoms. The number of hydrogen-bond acceptors (Lipinski definition) is 7. The van der Waals surface area contributed by atoms with E-state index in [4.69, 9.17) is 9.47 Å². The highest BCUT2D eigenvalue weighted by Crippen LogP contribution is 2.29. The summed E-state index contributed by atoms with van der Waals surface area (Å²) in [6, 6.07) is 12.4. The maximum absolute atomic E-state index is 12.6. The number of carbonyl (C=O) groups excluding carboxylic acids is 2. The van der Waals surface area contributed by atoms with Gasteiger partial charge in [0.05, 0.1) is 14.2 Å².